The van der Waals surface area contributed by atoms with Crippen LogP contribution in [0.1, 0.15) is 22.3 Å². The van der Waals surface area contributed by atoms with Crippen molar-refractivity contribution < 1.29 is 37.9 Å². The van der Waals surface area contributed by atoms with E-state index in [1.165, 1.54) is 11.1 Å². The number of ether oxygens (including phenoxy) is 8. The number of rotatable bonds is 15. The fraction of sp³-hybridized carbons (Fsp3) is 0.333. The summed E-state index contributed by atoms with van der Waals surface area (Å²) >= 11 is 0. The lowest BCUT2D eigenvalue weighted by Gasteiger charge is -2.18. The molecular formula is C36H42O8. The summed E-state index contributed by atoms with van der Waals surface area (Å²) in [7, 11) is 13.1. The first-order valence-corrected chi connectivity index (χ1v) is 14.3. The molecule has 0 fully saturated rings. The highest BCUT2D eigenvalue weighted by molar-refractivity contribution is 5.74. The molecule has 0 bridgehead atoms. The Morgan fingerprint density at radius 2 is 0.705 bits per heavy atom. The normalized spacial score (nSPS) is 10.6. The largest absolute Gasteiger partial charge is 0.497 e. The maximum absolute atomic E-state index is 5.66. The number of methoxy groups -OCH3 is 8. The summed E-state index contributed by atoms with van der Waals surface area (Å²) in [4.78, 5) is 0. The zero-order valence-electron chi connectivity index (χ0n) is 26.9. The molecule has 234 valence electrons. The smallest absolute Gasteiger partial charge is 0.203 e. The van der Waals surface area contributed by atoms with Gasteiger partial charge >= 0.3 is 0 Å². The van der Waals surface area contributed by atoms with Gasteiger partial charge in [-0.2, -0.15) is 0 Å². The van der Waals surface area contributed by atoms with Crippen LogP contribution in [-0.2, 0) is 25.7 Å². The minimum Gasteiger partial charge on any atom is -0.497 e. The van der Waals surface area contributed by atoms with Crippen LogP contribution in [0, 0.1) is 0 Å². The average molecular weight is 603 g/mol. The molecule has 8 heteroatoms. The third-order valence-electron chi connectivity index (χ3n) is 7.74. The van der Waals surface area contributed by atoms with Crippen LogP contribution < -0.4 is 37.9 Å². The zero-order chi connectivity index (χ0) is 31.6. The van der Waals surface area contributed by atoms with E-state index < -0.39 is 0 Å². The Hall–Kier alpha value is -4.72. The van der Waals surface area contributed by atoms with Crippen LogP contribution in [0.4, 0.5) is 0 Å². The summed E-state index contributed by atoms with van der Waals surface area (Å²) in [5.41, 5.74) is 6.71. The van der Waals surface area contributed by atoms with Crippen LogP contribution in [0.25, 0.3) is 11.1 Å². The lowest BCUT2D eigenvalue weighted by atomic mass is 9.89. The summed E-state index contributed by atoms with van der Waals surface area (Å²) in [5.74, 6) is 5.29. The van der Waals surface area contributed by atoms with E-state index in [1.54, 1.807) is 56.9 Å². The lowest BCUT2D eigenvalue weighted by Crippen LogP contribution is -2.02. The van der Waals surface area contributed by atoms with Gasteiger partial charge in [-0.3, -0.25) is 0 Å². The quantitative estimate of drug-likeness (QED) is 0.144. The molecule has 0 aliphatic carbocycles. The van der Waals surface area contributed by atoms with E-state index in [0.29, 0.717) is 34.5 Å². The zero-order valence-corrected chi connectivity index (χ0v) is 26.9. The highest BCUT2D eigenvalue weighted by Crippen LogP contribution is 2.41. The number of benzene rings is 4. The first-order valence-electron chi connectivity index (χ1n) is 14.3. The molecule has 0 saturated carbocycles. The topological polar surface area (TPSA) is 73.8 Å². The van der Waals surface area contributed by atoms with Gasteiger partial charge in [0.15, 0.2) is 23.0 Å². The van der Waals surface area contributed by atoms with Crippen LogP contribution in [0.2, 0.25) is 0 Å². The van der Waals surface area contributed by atoms with E-state index in [9.17, 15) is 0 Å². The van der Waals surface area contributed by atoms with E-state index in [2.05, 4.69) is 24.3 Å². The maximum atomic E-state index is 5.66. The average Bonchev–Trinajstić information content (AvgIpc) is 3.08. The third kappa shape index (κ3) is 7.08. The van der Waals surface area contributed by atoms with Crippen LogP contribution >= 0.6 is 0 Å². The van der Waals surface area contributed by atoms with Crippen molar-refractivity contribution in [3.05, 3.63) is 82.9 Å². The number of hydrogen-bond donors (Lipinski definition) is 0. The standard InChI is InChI=1S/C36H42O8/c1-37-27-15-13-25(11-9-23-17-31(39-3)35(43-7)32(18-23)40-4)29(21-27)30-22-28(38-2)16-14-26(30)12-10-24-19-33(41-5)36(44-8)34(20-24)42-6/h13-22H,9-12H2,1-8H3. The van der Waals surface area contributed by atoms with E-state index in [0.717, 1.165) is 59.4 Å². The summed E-state index contributed by atoms with van der Waals surface area (Å²) in [6.45, 7) is 0. The highest BCUT2D eigenvalue weighted by Gasteiger charge is 2.18. The molecule has 0 heterocycles. The van der Waals surface area contributed by atoms with Gasteiger partial charge in [0.05, 0.1) is 56.9 Å². The molecule has 0 aliphatic rings. The van der Waals surface area contributed by atoms with E-state index in [4.69, 9.17) is 37.9 Å². The molecular weight excluding hydrogens is 560 g/mol. The summed E-state index contributed by atoms with van der Waals surface area (Å²) < 4.78 is 44.7. The molecule has 4 rings (SSSR count). The Bertz CT molecular complexity index is 1400. The first-order chi connectivity index (χ1) is 21.4. The second kappa shape index (κ2) is 15.1. The van der Waals surface area contributed by atoms with Crippen molar-refractivity contribution in [2.24, 2.45) is 0 Å². The fourth-order valence-electron chi connectivity index (χ4n) is 5.42. The van der Waals surface area contributed by atoms with Crippen molar-refractivity contribution in [3.8, 4) is 57.1 Å². The second-order valence-corrected chi connectivity index (χ2v) is 10.1. The van der Waals surface area contributed by atoms with E-state index in [-0.39, 0.29) is 0 Å². The van der Waals surface area contributed by atoms with Crippen LogP contribution in [0.15, 0.2) is 60.7 Å². The van der Waals surface area contributed by atoms with Gasteiger partial charge in [0.2, 0.25) is 11.5 Å². The predicted octanol–water partition coefficient (Wildman–Crippen LogP) is 6.99. The monoisotopic (exact) mass is 602 g/mol. The summed E-state index contributed by atoms with van der Waals surface area (Å²) in [6.07, 6.45) is 3.09. The van der Waals surface area contributed by atoms with Gasteiger partial charge in [0.25, 0.3) is 0 Å². The minimum absolute atomic E-state index is 0.581. The van der Waals surface area contributed by atoms with Crippen molar-refractivity contribution in [2.75, 3.05) is 56.9 Å². The molecule has 0 saturated heterocycles. The molecule has 44 heavy (non-hydrogen) atoms. The molecule has 0 N–H and O–H groups in total. The van der Waals surface area contributed by atoms with Crippen LogP contribution in [-0.4, -0.2) is 56.9 Å². The molecule has 4 aromatic carbocycles. The predicted molar refractivity (Wildman–Crippen MR) is 172 cm³/mol. The van der Waals surface area contributed by atoms with E-state index >= 15 is 0 Å². The van der Waals surface area contributed by atoms with Gasteiger partial charge in [-0.25, -0.2) is 0 Å². The molecule has 0 unspecified atom stereocenters. The van der Waals surface area contributed by atoms with Gasteiger partial charge in [-0.15, -0.1) is 0 Å². The second-order valence-electron chi connectivity index (χ2n) is 10.1. The lowest BCUT2D eigenvalue weighted by molar-refractivity contribution is 0.324. The van der Waals surface area contributed by atoms with Crippen molar-refractivity contribution in [1.82, 2.24) is 0 Å². The van der Waals surface area contributed by atoms with Crippen molar-refractivity contribution in [3.63, 3.8) is 0 Å². The van der Waals surface area contributed by atoms with Crippen LogP contribution in [0.5, 0.6) is 46.0 Å². The Labute approximate surface area is 260 Å². The van der Waals surface area contributed by atoms with E-state index in [1.807, 2.05) is 36.4 Å². The third-order valence-corrected chi connectivity index (χ3v) is 7.74. The molecule has 4 aromatic rings. The maximum Gasteiger partial charge on any atom is 0.203 e. The number of aryl methyl sites for hydroxylation is 4. The van der Waals surface area contributed by atoms with Gasteiger partial charge in [-0.05, 0) is 108 Å². The Morgan fingerprint density at radius 3 is 0.977 bits per heavy atom. The Balaban J connectivity index is 1.71. The summed E-state index contributed by atoms with van der Waals surface area (Å²) in [5, 5.41) is 0. The number of hydrogen-bond acceptors (Lipinski definition) is 8. The molecule has 0 atom stereocenters. The SMILES string of the molecule is COc1ccc(CCc2cc(OC)c(OC)c(OC)c2)c(-c2cc(OC)ccc2CCc2cc(OC)c(OC)c(OC)c2)c1. The summed E-state index contributed by atoms with van der Waals surface area (Å²) in [6, 6.07) is 20.5. The Kier molecular flexibility index (Phi) is 11.1. The van der Waals surface area contributed by atoms with Gasteiger partial charge in [0.1, 0.15) is 11.5 Å². The van der Waals surface area contributed by atoms with Crippen molar-refractivity contribution in [2.45, 2.75) is 25.7 Å². The van der Waals surface area contributed by atoms with Crippen molar-refractivity contribution >= 4 is 0 Å². The first kappa shape index (κ1) is 32.2. The van der Waals surface area contributed by atoms with Gasteiger partial charge in [-0.1, -0.05) is 12.1 Å². The van der Waals surface area contributed by atoms with Crippen molar-refractivity contribution in [1.29, 1.82) is 0 Å². The Morgan fingerprint density at radius 1 is 0.364 bits per heavy atom. The fourth-order valence-corrected chi connectivity index (χ4v) is 5.42. The molecule has 0 aliphatic heterocycles. The molecule has 0 spiro atoms. The van der Waals surface area contributed by atoms with Crippen LogP contribution in [0.3, 0.4) is 0 Å². The highest BCUT2D eigenvalue weighted by atomic mass is 16.5. The molecule has 0 amide bonds. The molecule has 0 radical (unpaired) electrons. The molecule has 0 aromatic heterocycles. The minimum atomic E-state index is 0.581. The van der Waals surface area contributed by atoms with Gasteiger partial charge < -0.3 is 37.9 Å². The molecule has 8 nitrogen and oxygen atoms in total. The van der Waals surface area contributed by atoms with Gasteiger partial charge in [0, 0.05) is 0 Å².